The van der Waals surface area contributed by atoms with Crippen LogP contribution >= 0.6 is 12.4 Å². The van der Waals surface area contributed by atoms with Gasteiger partial charge in [-0.25, -0.2) is 13.1 Å². The molecule has 0 aromatic heterocycles. The summed E-state index contributed by atoms with van der Waals surface area (Å²) in [5.41, 5.74) is 3.93. The molecule has 1 amide bonds. The van der Waals surface area contributed by atoms with E-state index in [1.165, 1.54) is 11.1 Å². The largest absolute Gasteiger partial charge is 0.350 e. The molecule has 0 saturated heterocycles. The highest BCUT2D eigenvalue weighted by Gasteiger charge is 2.19. The Bertz CT molecular complexity index is 901. The first-order valence-corrected chi connectivity index (χ1v) is 10.8. The average molecular weight is 424 g/mol. The van der Waals surface area contributed by atoms with Crippen molar-refractivity contribution in [1.82, 2.24) is 15.4 Å². The third-order valence-electron chi connectivity index (χ3n) is 4.77. The predicted octanol–water partition coefficient (Wildman–Crippen LogP) is 2.16. The summed E-state index contributed by atoms with van der Waals surface area (Å²) in [5, 5.41) is 6.43. The van der Waals surface area contributed by atoms with E-state index in [0.717, 1.165) is 18.5 Å². The highest BCUT2D eigenvalue weighted by Crippen LogP contribution is 2.21. The predicted molar refractivity (Wildman–Crippen MR) is 113 cm³/mol. The van der Waals surface area contributed by atoms with E-state index in [-0.39, 0.29) is 36.7 Å². The number of amides is 1. The van der Waals surface area contributed by atoms with E-state index in [4.69, 9.17) is 0 Å². The van der Waals surface area contributed by atoms with Gasteiger partial charge in [-0.3, -0.25) is 4.79 Å². The standard InChI is InChI=1S/C20H25N3O3S.ClH/c1-2-27(25,26)23-13-15-7-9-17(10-8-15)20(24)22-14-19-18-6-4-3-5-16(18)11-12-21-19;/h3-10,19,21,23H,2,11-14H2,1H3,(H,22,24);1H. The van der Waals surface area contributed by atoms with Crippen molar-refractivity contribution in [3.05, 3.63) is 70.8 Å². The molecule has 152 valence electrons. The lowest BCUT2D eigenvalue weighted by Gasteiger charge is -2.27. The van der Waals surface area contributed by atoms with E-state index < -0.39 is 10.0 Å². The lowest BCUT2D eigenvalue weighted by molar-refractivity contribution is 0.0949. The van der Waals surface area contributed by atoms with Crippen molar-refractivity contribution in [2.45, 2.75) is 25.9 Å². The van der Waals surface area contributed by atoms with Gasteiger partial charge >= 0.3 is 0 Å². The van der Waals surface area contributed by atoms with Crippen LogP contribution in [0, 0.1) is 0 Å². The van der Waals surface area contributed by atoms with Gasteiger partial charge in [0.2, 0.25) is 10.0 Å². The first-order valence-electron chi connectivity index (χ1n) is 9.14. The molecule has 1 unspecified atom stereocenters. The maximum atomic E-state index is 12.4. The van der Waals surface area contributed by atoms with E-state index in [0.29, 0.717) is 12.1 Å². The minimum absolute atomic E-state index is 0. The van der Waals surface area contributed by atoms with E-state index >= 15 is 0 Å². The summed E-state index contributed by atoms with van der Waals surface area (Å²) in [4.78, 5) is 12.4. The van der Waals surface area contributed by atoms with Crippen LogP contribution in [-0.2, 0) is 23.0 Å². The van der Waals surface area contributed by atoms with Crippen LogP contribution in [0.2, 0.25) is 0 Å². The molecular formula is C20H26ClN3O3S. The van der Waals surface area contributed by atoms with Gasteiger partial charge in [0.15, 0.2) is 0 Å². The molecule has 1 aliphatic rings. The summed E-state index contributed by atoms with van der Waals surface area (Å²) in [7, 11) is -3.23. The fourth-order valence-corrected chi connectivity index (χ4v) is 3.73. The van der Waals surface area contributed by atoms with Crippen LogP contribution in [0.3, 0.4) is 0 Å². The summed E-state index contributed by atoms with van der Waals surface area (Å²) in [6.07, 6.45) is 1.00. The topological polar surface area (TPSA) is 87.3 Å². The van der Waals surface area contributed by atoms with Crippen LogP contribution in [0.1, 0.15) is 40.0 Å². The van der Waals surface area contributed by atoms with Crippen LogP contribution in [0.15, 0.2) is 48.5 Å². The summed E-state index contributed by atoms with van der Waals surface area (Å²) in [6.45, 7) is 3.24. The molecule has 3 N–H and O–H groups in total. The molecule has 2 aromatic carbocycles. The lowest BCUT2D eigenvalue weighted by Crippen LogP contribution is -2.38. The van der Waals surface area contributed by atoms with Crippen LogP contribution in [0.25, 0.3) is 0 Å². The molecule has 3 rings (SSSR count). The number of carbonyl (C=O) groups excluding carboxylic acids is 1. The number of fused-ring (bicyclic) bond motifs is 1. The Hall–Kier alpha value is -1.93. The minimum Gasteiger partial charge on any atom is -0.350 e. The molecule has 0 bridgehead atoms. The number of benzene rings is 2. The molecule has 0 aliphatic carbocycles. The Labute approximate surface area is 172 Å². The lowest BCUT2D eigenvalue weighted by atomic mass is 9.94. The molecule has 1 heterocycles. The van der Waals surface area contributed by atoms with Gasteiger partial charge in [0.1, 0.15) is 0 Å². The molecule has 0 fully saturated rings. The first kappa shape index (κ1) is 22.4. The van der Waals surface area contributed by atoms with Gasteiger partial charge in [-0.1, -0.05) is 36.4 Å². The van der Waals surface area contributed by atoms with Crippen molar-refractivity contribution < 1.29 is 13.2 Å². The number of rotatable bonds is 7. The summed E-state index contributed by atoms with van der Waals surface area (Å²) in [6, 6.07) is 15.4. The molecule has 8 heteroatoms. The van der Waals surface area contributed by atoms with Crippen molar-refractivity contribution in [2.75, 3.05) is 18.8 Å². The van der Waals surface area contributed by atoms with Crippen molar-refractivity contribution >= 4 is 28.3 Å². The number of hydrogen-bond donors (Lipinski definition) is 3. The molecule has 0 radical (unpaired) electrons. The van der Waals surface area contributed by atoms with Crippen LogP contribution in [0.4, 0.5) is 0 Å². The second kappa shape index (κ2) is 10.0. The quantitative estimate of drug-likeness (QED) is 0.636. The van der Waals surface area contributed by atoms with Gasteiger partial charge in [-0.05, 0) is 48.7 Å². The van der Waals surface area contributed by atoms with Gasteiger partial charge in [0.25, 0.3) is 5.91 Å². The number of hydrogen-bond acceptors (Lipinski definition) is 4. The fraction of sp³-hybridized carbons (Fsp3) is 0.350. The zero-order valence-electron chi connectivity index (χ0n) is 15.8. The van der Waals surface area contributed by atoms with E-state index in [1.54, 1.807) is 31.2 Å². The first-order chi connectivity index (χ1) is 13.0. The number of sulfonamides is 1. The Balaban J connectivity index is 0.00000280. The maximum Gasteiger partial charge on any atom is 0.251 e. The van der Waals surface area contributed by atoms with Gasteiger partial charge < -0.3 is 10.6 Å². The molecule has 6 nitrogen and oxygen atoms in total. The summed E-state index contributed by atoms with van der Waals surface area (Å²) in [5.74, 6) is -0.0909. The van der Waals surface area contributed by atoms with Gasteiger partial charge in [0, 0.05) is 24.7 Å². The van der Waals surface area contributed by atoms with Crippen molar-refractivity contribution in [2.24, 2.45) is 0 Å². The Morgan fingerprint density at radius 2 is 1.86 bits per heavy atom. The molecular weight excluding hydrogens is 398 g/mol. The average Bonchev–Trinajstić information content (AvgIpc) is 2.71. The highest BCUT2D eigenvalue weighted by atomic mass is 35.5. The Morgan fingerprint density at radius 3 is 2.57 bits per heavy atom. The van der Waals surface area contributed by atoms with Gasteiger partial charge in [-0.2, -0.15) is 0 Å². The third kappa shape index (κ3) is 5.78. The molecule has 28 heavy (non-hydrogen) atoms. The van der Waals surface area contributed by atoms with Crippen molar-refractivity contribution in [3.8, 4) is 0 Å². The molecule has 1 aliphatic heterocycles. The minimum atomic E-state index is -3.23. The maximum absolute atomic E-state index is 12.4. The van der Waals surface area contributed by atoms with E-state index in [9.17, 15) is 13.2 Å². The second-order valence-corrected chi connectivity index (χ2v) is 8.68. The van der Waals surface area contributed by atoms with Gasteiger partial charge in [-0.15, -0.1) is 12.4 Å². The van der Waals surface area contributed by atoms with E-state index in [2.05, 4.69) is 27.5 Å². The molecule has 1 atom stereocenters. The normalized spacial score (nSPS) is 16.0. The Morgan fingerprint density at radius 1 is 1.14 bits per heavy atom. The van der Waals surface area contributed by atoms with Crippen LogP contribution in [-0.4, -0.2) is 33.2 Å². The summed E-state index contributed by atoms with van der Waals surface area (Å²) < 4.78 is 25.5. The summed E-state index contributed by atoms with van der Waals surface area (Å²) >= 11 is 0. The van der Waals surface area contributed by atoms with Crippen molar-refractivity contribution in [3.63, 3.8) is 0 Å². The molecule has 0 saturated carbocycles. The second-order valence-electron chi connectivity index (χ2n) is 6.59. The molecule has 2 aromatic rings. The smallest absolute Gasteiger partial charge is 0.251 e. The van der Waals surface area contributed by atoms with Crippen molar-refractivity contribution in [1.29, 1.82) is 0 Å². The van der Waals surface area contributed by atoms with Crippen LogP contribution in [0.5, 0.6) is 0 Å². The van der Waals surface area contributed by atoms with Gasteiger partial charge in [0.05, 0.1) is 5.75 Å². The van der Waals surface area contributed by atoms with E-state index in [1.807, 2.05) is 12.1 Å². The monoisotopic (exact) mass is 423 g/mol. The number of nitrogens with one attached hydrogen (secondary N) is 3. The number of halogens is 1. The third-order valence-corrected chi connectivity index (χ3v) is 6.12. The number of carbonyl (C=O) groups is 1. The van der Waals surface area contributed by atoms with Crippen LogP contribution < -0.4 is 15.4 Å². The highest BCUT2D eigenvalue weighted by molar-refractivity contribution is 7.89. The zero-order valence-corrected chi connectivity index (χ0v) is 17.4. The Kier molecular flexibility index (Phi) is 8.00. The molecule has 0 spiro atoms. The SMILES string of the molecule is CCS(=O)(=O)NCc1ccc(C(=O)NCC2NCCc3ccccc32)cc1.Cl. The zero-order chi connectivity index (χ0) is 19.3. The fourth-order valence-electron chi connectivity index (χ4n) is 3.14.